The van der Waals surface area contributed by atoms with Gasteiger partial charge >= 0.3 is 5.97 Å². The second-order valence-corrected chi connectivity index (χ2v) is 3.52. The molecule has 0 bridgehead atoms. The number of carbonyl (C=O) groups excluding carboxylic acids is 1. The minimum Gasteiger partial charge on any atom is -0.508 e. The first-order chi connectivity index (χ1) is 7.61. The molecule has 0 amide bonds. The smallest absolute Gasteiger partial charge is 0.347 e. The van der Waals surface area contributed by atoms with Gasteiger partial charge in [-0.1, -0.05) is 0 Å². The molecule has 0 spiro atoms. The summed E-state index contributed by atoms with van der Waals surface area (Å²) < 4.78 is 10.1. The molecule has 5 nitrogen and oxygen atoms in total. The maximum atomic E-state index is 11.4. The van der Waals surface area contributed by atoms with Crippen LogP contribution in [0, 0.1) is 0 Å². The number of benzene rings is 1. The van der Waals surface area contributed by atoms with Crippen molar-refractivity contribution in [3.05, 3.63) is 17.7 Å². The molecule has 16 heavy (non-hydrogen) atoms. The Morgan fingerprint density at radius 2 is 2.31 bits per heavy atom. The zero-order valence-electron chi connectivity index (χ0n) is 8.77. The van der Waals surface area contributed by atoms with Crippen molar-refractivity contribution in [1.29, 1.82) is 0 Å². The highest BCUT2D eigenvalue weighted by Crippen LogP contribution is 2.40. The molecule has 1 heterocycles. The topological polar surface area (TPSA) is 76.0 Å². The molecule has 1 aromatic rings. The van der Waals surface area contributed by atoms with Gasteiger partial charge < -0.3 is 19.7 Å². The van der Waals surface area contributed by atoms with E-state index < -0.39 is 12.1 Å². The largest absolute Gasteiger partial charge is 0.508 e. The predicted octanol–water partition coefficient (Wildman–Crippen LogP) is 0.964. The Balaban J connectivity index is 2.21. The molecule has 0 saturated carbocycles. The van der Waals surface area contributed by atoms with Crippen molar-refractivity contribution in [2.45, 2.75) is 19.4 Å². The average Bonchev–Trinajstić information content (AvgIpc) is 2.62. The summed E-state index contributed by atoms with van der Waals surface area (Å²) >= 11 is 0. The Hall–Kier alpha value is -1.91. The predicted molar refractivity (Wildman–Crippen MR) is 54.5 cm³/mol. The van der Waals surface area contributed by atoms with Crippen LogP contribution in [-0.2, 0) is 16.0 Å². The number of hydrogen-bond donors (Lipinski definition) is 2. The summed E-state index contributed by atoms with van der Waals surface area (Å²) in [4.78, 5) is 11.4. The van der Waals surface area contributed by atoms with Crippen LogP contribution in [-0.4, -0.2) is 28.9 Å². The molecule has 1 aromatic carbocycles. The lowest BCUT2D eigenvalue weighted by atomic mass is 10.1. The number of fused-ring (bicyclic) bond motifs is 1. The van der Waals surface area contributed by atoms with E-state index in [1.165, 1.54) is 12.1 Å². The van der Waals surface area contributed by atoms with Crippen molar-refractivity contribution in [2.24, 2.45) is 0 Å². The molecule has 0 aliphatic carbocycles. The van der Waals surface area contributed by atoms with E-state index in [0.29, 0.717) is 12.0 Å². The standard InChI is InChI=1S/C11H12O5/c1-2-15-11(14)9-4-6-3-7(12)5-8(13)10(6)16-9/h3,5,9,12-13H,2,4H2,1H3. The molecule has 2 rings (SSSR count). The number of phenols is 2. The van der Waals surface area contributed by atoms with E-state index in [1.807, 2.05) is 0 Å². The van der Waals surface area contributed by atoms with E-state index in [-0.39, 0.29) is 23.9 Å². The summed E-state index contributed by atoms with van der Waals surface area (Å²) in [5, 5.41) is 18.8. The minimum absolute atomic E-state index is 0.0515. The molecular weight excluding hydrogens is 212 g/mol. The van der Waals surface area contributed by atoms with Gasteiger partial charge in [0.15, 0.2) is 17.6 Å². The van der Waals surface area contributed by atoms with Crippen molar-refractivity contribution < 1.29 is 24.5 Å². The average molecular weight is 224 g/mol. The van der Waals surface area contributed by atoms with Crippen LogP contribution >= 0.6 is 0 Å². The van der Waals surface area contributed by atoms with Crippen molar-refractivity contribution >= 4 is 5.97 Å². The highest BCUT2D eigenvalue weighted by atomic mass is 16.6. The zero-order chi connectivity index (χ0) is 11.7. The van der Waals surface area contributed by atoms with E-state index in [2.05, 4.69) is 0 Å². The van der Waals surface area contributed by atoms with Gasteiger partial charge in [0.1, 0.15) is 5.75 Å². The van der Waals surface area contributed by atoms with Gasteiger partial charge in [-0.15, -0.1) is 0 Å². The highest BCUT2D eigenvalue weighted by Gasteiger charge is 2.32. The van der Waals surface area contributed by atoms with Gasteiger partial charge in [0.2, 0.25) is 0 Å². The lowest BCUT2D eigenvalue weighted by molar-refractivity contribution is -0.150. The van der Waals surface area contributed by atoms with Gasteiger partial charge in [-0.2, -0.15) is 0 Å². The van der Waals surface area contributed by atoms with Crippen molar-refractivity contribution in [1.82, 2.24) is 0 Å². The lowest BCUT2D eigenvalue weighted by Crippen LogP contribution is -2.27. The summed E-state index contributed by atoms with van der Waals surface area (Å²) in [7, 11) is 0. The van der Waals surface area contributed by atoms with Crippen molar-refractivity contribution in [3.8, 4) is 17.2 Å². The number of hydrogen-bond acceptors (Lipinski definition) is 5. The molecule has 1 aliphatic rings. The first-order valence-electron chi connectivity index (χ1n) is 5.00. The fourth-order valence-corrected chi connectivity index (χ4v) is 1.69. The summed E-state index contributed by atoms with van der Waals surface area (Å²) in [5.74, 6) is -0.431. The molecule has 0 fully saturated rings. The number of aromatic hydroxyl groups is 2. The number of rotatable bonds is 2. The monoisotopic (exact) mass is 224 g/mol. The Labute approximate surface area is 92.2 Å². The molecule has 5 heteroatoms. The number of phenolic OH excluding ortho intramolecular Hbond substituents is 2. The summed E-state index contributed by atoms with van der Waals surface area (Å²) in [5.41, 5.74) is 0.607. The number of esters is 1. The normalized spacial score (nSPS) is 17.7. The fraction of sp³-hybridized carbons (Fsp3) is 0.364. The minimum atomic E-state index is -0.734. The third-order valence-electron chi connectivity index (χ3n) is 2.35. The SMILES string of the molecule is CCOC(=O)C1Cc2cc(O)cc(O)c2O1. The van der Waals surface area contributed by atoms with Crippen LogP contribution < -0.4 is 4.74 Å². The fourth-order valence-electron chi connectivity index (χ4n) is 1.69. The van der Waals surface area contributed by atoms with Crippen molar-refractivity contribution in [2.75, 3.05) is 6.61 Å². The van der Waals surface area contributed by atoms with Crippen molar-refractivity contribution in [3.63, 3.8) is 0 Å². The van der Waals surface area contributed by atoms with E-state index in [4.69, 9.17) is 9.47 Å². The second kappa shape index (κ2) is 3.92. The van der Waals surface area contributed by atoms with Crippen LogP contribution in [0.4, 0.5) is 0 Å². The Bertz CT molecular complexity index is 427. The van der Waals surface area contributed by atoms with Gasteiger partial charge in [0, 0.05) is 18.1 Å². The zero-order valence-corrected chi connectivity index (χ0v) is 8.77. The lowest BCUT2D eigenvalue weighted by Gasteiger charge is -2.09. The molecule has 0 aromatic heterocycles. The molecular formula is C11H12O5. The maximum Gasteiger partial charge on any atom is 0.347 e. The quantitative estimate of drug-likeness (QED) is 0.732. The molecule has 1 aliphatic heterocycles. The van der Waals surface area contributed by atoms with Crippen LogP contribution in [0.2, 0.25) is 0 Å². The third-order valence-corrected chi connectivity index (χ3v) is 2.35. The number of carbonyl (C=O) groups is 1. The van der Waals surface area contributed by atoms with Gasteiger partial charge in [-0.25, -0.2) is 4.79 Å². The second-order valence-electron chi connectivity index (χ2n) is 3.52. The van der Waals surface area contributed by atoms with Crippen LogP contribution in [0.15, 0.2) is 12.1 Å². The van der Waals surface area contributed by atoms with Crippen LogP contribution in [0.25, 0.3) is 0 Å². The Kier molecular flexibility index (Phi) is 2.60. The molecule has 1 unspecified atom stereocenters. The summed E-state index contributed by atoms with van der Waals surface area (Å²) in [6.45, 7) is 2.00. The van der Waals surface area contributed by atoms with Crippen LogP contribution in [0.3, 0.4) is 0 Å². The van der Waals surface area contributed by atoms with E-state index in [1.54, 1.807) is 6.92 Å². The Morgan fingerprint density at radius 1 is 1.56 bits per heavy atom. The van der Waals surface area contributed by atoms with E-state index in [0.717, 1.165) is 0 Å². The molecule has 0 radical (unpaired) electrons. The van der Waals surface area contributed by atoms with Crippen LogP contribution in [0.1, 0.15) is 12.5 Å². The highest BCUT2D eigenvalue weighted by molar-refractivity contribution is 5.77. The maximum absolute atomic E-state index is 11.4. The van der Waals surface area contributed by atoms with E-state index >= 15 is 0 Å². The first kappa shape index (κ1) is 10.6. The third kappa shape index (κ3) is 1.76. The molecule has 0 saturated heterocycles. The molecule has 1 atom stereocenters. The van der Waals surface area contributed by atoms with Gasteiger partial charge in [-0.05, 0) is 13.0 Å². The summed E-state index contributed by atoms with van der Waals surface area (Å²) in [6, 6.07) is 2.64. The van der Waals surface area contributed by atoms with Gasteiger partial charge in [0.05, 0.1) is 6.61 Å². The van der Waals surface area contributed by atoms with Crippen LogP contribution in [0.5, 0.6) is 17.2 Å². The first-order valence-corrected chi connectivity index (χ1v) is 5.00. The number of ether oxygens (including phenoxy) is 2. The summed E-state index contributed by atoms with van der Waals surface area (Å²) in [6.07, 6.45) is -0.432. The van der Waals surface area contributed by atoms with Gasteiger partial charge in [0.25, 0.3) is 0 Å². The Morgan fingerprint density at radius 3 is 3.00 bits per heavy atom. The molecule has 86 valence electrons. The van der Waals surface area contributed by atoms with Gasteiger partial charge in [-0.3, -0.25) is 0 Å². The van der Waals surface area contributed by atoms with E-state index in [9.17, 15) is 15.0 Å². The molecule has 2 N–H and O–H groups in total.